The Kier molecular flexibility index (Phi) is 4.42. The molecule has 0 bridgehead atoms. The lowest BCUT2D eigenvalue weighted by Crippen LogP contribution is -2.23. The van der Waals surface area contributed by atoms with Crippen molar-refractivity contribution in [3.8, 4) is 11.5 Å². The number of aliphatic hydroxyl groups is 1. The summed E-state index contributed by atoms with van der Waals surface area (Å²) in [5.41, 5.74) is 2.11. The third-order valence-corrected chi connectivity index (χ3v) is 4.04. The van der Waals surface area contributed by atoms with Crippen LogP contribution in [0.15, 0.2) is 42.5 Å². The van der Waals surface area contributed by atoms with Crippen molar-refractivity contribution in [1.29, 1.82) is 0 Å². The number of carbonyl (C=O) groups is 2. The van der Waals surface area contributed by atoms with Crippen molar-refractivity contribution < 1.29 is 24.2 Å². The summed E-state index contributed by atoms with van der Waals surface area (Å²) in [6, 6.07) is 8.18. The van der Waals surface area contributed by atoms with Gasteiger partial charge in [0.1, 0.15) is 18.1 Å². The average molecular weight is 338 g/mol. The first-order valence-corrected chi connectivity index (χ1v) is 7.80. The van der Waals surface area contributed by atoms with Crippen molar-refractivity contribution in [1.82, 2.24) is 0 Å². The van der Waals surface area contributed by atoms with Crippen LogP contribution in [0.2, 0.25) is 0 Å². The van der Waals surface area contributed by atoms with E-state index in [2.05, 4.69) is 6.58 Å². The van der Waals surface area contributed by atoms with Gasteiger partial charge in [-0.3, -0.25) is 9.59 Å². The van der Waals surface area contributed by atoms with Gasteiger partial charge in [0.2, 0.25) is 0 Å². The van der Waals surface area contributed by atoms with Gasteiger partial charge in [-0.05, 0) is 18.6 Å². The van der Waals surface area contributed by atoms with Gasteiger partial charge in [0, 0.05) is 16.7 Å². The predicted octanol–water partition coefficient (Wildman–Crippen LogP) is 2.92. The maximum atomic E-state index is 13.0. The molecule has 5 heteroatoms. The van der Waals surface area contributed by atoms with Gasteiger partial charge in [-0.1, -0.05) is 30.8 Å². The molecule has 25 heavy (non-hydrogen) atoms. The van der Waals surface area contributed by atoms with Crippen LogP contribution in [0.5, 0.6) is 11.5 Å². The molecule has 2 aromatic rings. The Morgan fingerprint density at radius 3 is 2.24 bits per heavy atom. The van der Waals surface area contributed by atoms with E-state index in [0.29, 0.717) is 16.7 Å². The second-order valence-corrected chi connectivity index (χ2v) is 5.92. The van der Waals surface area contributed by atoms with Gasteiger partial charge >= 0.3 is 0 Å². The minimum atomic E-state index is -0.344. The molecular weight excluding hydrogens is 320 g/mol. The van der Waals surface area contributed by atoms with Crippen molar-refractivity contribution >= 4 is 11.6 Å². The number of rotatable bonds is 5. The van der Waals surface area contributed by atoms with E-state index in [0.717, 1.165) is 5.57 Å². The van der Waals surface area contributed by atoms with Gasteiger partial charge in [0.15, 0.2) is 11.6 Å². The minimum absolute atomic E-state index is 0.134. The number of hydrogen-bond donors (Lipinski definition) is 1. The molecule has 1 aliphatic rings. The first kappa shape index (κ1) is 16.9. The third-order valence-electron chi connectivity index (χ3n) is 4.04. The molecule has 0 aliphatic heterocycles. The van der Waals surface area contributed by atoms with Crippen LogP contribution in [0.25, 0.3) is 0 Å². The highest BCUT2D eigenvalue weighted by molar-refractivity contribution is 6.30. The van der Waals surface area contributed by atoms with E-state index in [1.54, 1.807) is 37.3 Å². The molecule has 0 radical (unpaired) electrons. The number of aliphatic hydroxyl groups excluding tert-OH is 1. The summed E-state index contributed by atoms with van der Waals surface area (Å²) < 4.78 is 11.0. The summed E-state index contributed by atoms with van der Waals surface area (Å²) in [5.74, 6) is -0.175. The van der Waals surface area contributed by atoms with Crippen LogP contribution in [0, 0.1) is 0 Å². The van der Waals surface area contributed by atoms with Crippen LogP contribution in [0.4, 0.5) is 0 Å². The molecule has 0 atom stereocenters. The van der Waals surface area contributed by atoms with Gasteiger partial charge in [-0.2, -0.15) is 0 Å². The molecule has 2 aromatic carbocycles. The SMILES string of the molecule is C=C(C)COc1cc(CO)c(OC)c2c1C(=O)c1ccccc1C2=O. The Hall–Kier alpha value is -2.92. The predicted molar refractivity (Wildman–Crippen MR) is 92.5 cm³/mol. The summed E-state index contributed by atoms with van der Waals surface area (Å²) in [5, 5.41) is 9.65. The summed E-state index contributed by atoms with van der Waals surface area (Å²) >= 11 is 0. The zero-order valence-corrected chi connectivity index (χ0v) is 14.1. The number of benzene rings is 2. The van der Waals surface area contributed by atoms with Crippen molar-refractivity contribution in [3.63, 3.8) is 0 Å². The second kappa shape index (κ2) is 6.53. The first-order valence-electron chi connectivity index (χ1n) is 7.80. The molecule has 0 saturated carbocycles. The van der Waals surface area contributed by atoms with E-state index in [4.69, 9.17) is 9.47 Å². The number of fused-ring (bicyclic) bond motifs is 2. The quantitative estimate of drug-likeness (QED) is 0.724. The summed E-state index contributed by atoms with van der Waals surface area (Å²) in [7, 11) is 1.40. The Bertz CT molecular complexity index is 895. The number of carbonyl (C=O) groups excluding carboxylic acids is 2. The Morgan fingerprint density at radius 1 is 1.12 bits per heavy atom. The number of methoxy groups -OCH3 is 1. The molecule has 3 rings (SSSR count). The van der Waals surface area contributed by atoms with Gasteiger partial charge < -0.3 is 14.6 Å². The third kappa shape index (κ3) is 2.72. The van der Waals surface area contributed by atoms with Crippen molar-refractivity contribution in [2.45, 2.75) is 13.5 Å². The Balaban J connectivity index is 2.30. The molecule has 1 aliphatic carbocycles. The number of hydrogen-bond acceptors (Lipinski definition) is 5. The van der Waals surface area contributed by atoms with Crippen LogP contribution in [0.1, 0.15) is 44.3 Å². The molecule has 0 spiro atoms. The van der Waals surface area contributed by atoms with Crippen LogP contribution in [-0.2, 0) is 6.61 Å². The van der Waals surface area contributed by atoms with E-state index >= 15 is 0 Å². The topological polar surface area (TPSA) is 72.8 Å². The number of ether oxygens (including phenoxy) is 2. The standard InChI is InChI=1S/C20H18O5/c1-11(2)10-25-15-8-12(9-21)20(24-3)17-16(15)18(22)13-6-4-5-7-14(13)19(17)23/h4-8,21H,1,9-10H2,2-3H3. The van der Waals surface area contributed by atoms with E-state index < -0.39 is 0 Å². The van der Waals surface area contributed by atoms with E-state index in [1.807, 2.05) is 0 Å². The highest BCUT2D eigenvalue weighted by Crippen LogP contribution is 2.41. The van der Waals surface area contributed by atoms with Gasteiger partial charge in [0.25, 0.3) is 0 Å². The molecule has 128 valence electrons. The zero-order valence-electron chi connectivity index (χ0n) is 14.1. The van der Waals surface area contributed by atoms with Crippen LogP contribution < -0.4 is 9.47 Å². The lowest BCUT2D eigenvalue weighted by Gasteiger charge is -2.24. The summed E-state index contributed by atoms with van der Waals surface area (Å²) in [6.45, 7) is 5.43. The fourth-order valence-electron chi connectivity index (χ4n) is 2.95. The largest absolute Gasteiger partial charge is 0.496 e. The second-order valence-electron chi connectivity index (χ2n) is 5.92. The van der Waals surface area contributed by atoms with E-state index in [9.17, 15) is 14.7 Å². The molecule has 1 N–H and O–H groups in total. The highest BCUT2D eigenvalue weighted by Gasteiger charge is 2.36. The van der Waals surface area contributed by atoms with Crippen LogP contribution in [0.3, 0.4) is 0 Å². The van der Waals surface area contributed by atoms with Crippen LogP contribution >= 0.6 is 0 Å². The van der Waals surface area contributed by atoms with E-state index in [-0.39, 0.29) is 47.4 Å². The normalized spacial score (nSPS) is 12.4. The Morgan fingerprint density at radius 2 is 1.72 bits per heavy atom. The van der Waals surface area contributed by atoms with Crippen LogP contribution in [-0.4, -0.2) is 30.4 Å². The number of ketones is 2. The molecule has 0 fully saturated rings. The maximum absolute atomic E-state index is 13.0. The molecule has 0 saturated heterocycles. The Labute approximate surface area is 145 Å². The lowest BCUT2D eigenvalue weighted by atomic mass is 9.82. The van der Waals surface area contributed by atoms with Gasteiger partial charge in [-0.25, -0.2) is 0 Å². The summed E-state index contributed by atoms with van der Waals surface area (Å²) in [6.07, 6.45) is 0. The zero-order chi connectivity index (χ0) is 18.1. The molecule has 0 amide bonds. The van der Waals surface area contributed by atoms with Gasteiger partial charge in [0.05, 0.1) is 24.8 Å². The lowest BCUT2D eigenvalue weighted by molar-refractivity contribution is 0.0972. The van der Waals surface area contributed by atoms with Gasteiger partial charge in [-0.15, -0.1) is 0 Å². The molecule has 0 unspecified atom stereocenters. The van der Waals surface area contributed by atoms with Crippen molar-refractivity contribution in [2.24, 2.45) is 0 Å². The molecule has 0 heterocycles. The fraction of sp³-hybridized carbons (Fsp3) is 0.200. The van der Waals surface area contributed by atoms with Crippen molar-refractivity contribution in [3.05, 3.63) is 70.3 Å². The smallest absolute Gasteiger partial charge is 0.198 e. The maximum Gasteiger partial charge on any atom is 0.198 e. The molecule has 5 nitrogen and oxygen atoms in total. The fourth-order valence-corrected chi connectivity index (χ4v) is 2.95. The first-order chi connectivity index (χ1) is 12.0. The van der Waals surface area contributed by atoms with Crippen molar-refractivity contribution in [2.75, 3.05) is 13.7 Å². The summed E-state index contributed by atoms with van der Waals surface area (Å²) in [4.78, 5) is 26.0. The monoisotopic (exact) mass is 338 g/mol. The minimum Gasteiger partial charge on any atom is -0.496 e. The molecule has 0 aromatic heterocycles. The average Bonchev–Trinajstić information content (AvgIpc) is 2.62. The molecular formula is C20H18O5. The highest BCUT2D eigenvalue weighted by atomic mass is 16.5. The van der Waals surface area contributed by atoms with E-state index in [1.165, 1.54) is 7.11 Å².